The van der Waals surface area contributed by atoms with E-state index in [0.29, 0.717) is 18.9 Å². The predicted molar refractivity (Wildman–Crippen MR) is 126 cm³/mol. The number of methoxy groups -OCH3 is 2. The van der Waals surface area contributed by atoms with E-state index < -0.39 is 0 Å². The average Bonchev–Trinajstić information content (AvgIpc) is 3.49. The van der Waals surface area contributed by atoms with Crippen molar-refractivity contribution in [1.82, 2.24) is 9.88 Å². The fourth-order valence-electron chi connectivity index (χ4n) is 5.65. The zero-order valence-electron chi connectivity index (χ0n) is 19.0. The minimum Gasteiger partial charge on any atom is -0.497 e. The lowest BCUT2D eigenvalue weighted by atomic mass is 9.91. The molecular formula is C27H32N2O3. The van der Waals surface area contributed by atoms with Gasteiger partial charge in [-0.25, -0.2) is 0 Å². The third kappa shape index (κ3) is 3.74. The Morgan fingerprint density at radius 2 is 1.91 bits per heavy atom. The number of rotatable bonds is 6. The van der Waals surface area contributed by atoms with Gasteiger partial charge in [0.1, 0.15) is 17.5 Å². The number of ether oxygens (including phenoxy) is 2. The highest BCUT2D eigenvalue weighted by atomic mass is 16.5. The molecule has 5 heteroatoms. The van der Waals surface area contributed by atoms with Crippen molar-refractivity contribution in [2.24, 2.45) is 5.92 Å². The highest BCUT2D eigenvalue weighted by Crippen LogP contribution is 2.42. The summed E-state index contributed by atoms with van der Waals surface area (Å²) >= 11 is 0. The minimum atomic E-state index is -0.177. The predicted octanol–water partition coefficient (Wildman–Crippen LogP) is 5.63. The maximum atomic E-state index is 13.5. The molecule has 0 saturated heterocycles. The summed E-state index contributed by atoms with van der Waals surface area (Å²) in [6.07, 6.45) is 7.64. The number of para-hydroxylation sites is 1. The number of hydrogen-bond acceptors (Lipinski definition) is 3. The van der Waals surface area contributed by atoms with Crippen LogP contribution in [0.5, 0.6) is 11.5 Å². The van der Waals surface area contributed by atoms with Crippen molar-refractivity contribution >= 4 is 16.8 Å². The van der Waals surface area contributed by atoms with Crippen LogP contribution in [0.15, 0.2) is 42.5 Å². The summed E-state index contributed by atoms with van der Waals surface area (Å²) < 4.78 is 11.2. The second-order valence-corrected chi connectivity index (χ2v) is 9.10. The van der Waals surface area contributed by atoms with Gasteiger partial charge in [-0.3, -0.25) is 4.79 Å². The zero-order valence-corrected chi connectivity index (χ0v) is 19.0. The van der Waals surface area contributed by atoms with Crippen LogP contribution in [0.3, 0.4) is 0 Å². The van der Waals surface area contributed by atoms with Crippen LogP contribution in [0.4, 0.5) is 0 Å². The molecule has 32 heavy (non-hydrogen) atoms. The summed E-state index contributed by atoms with van der Waals surface area (Å²) in [5.41, 5.74) is 4.48. The van der Waals surface area contributed by atoms with E-state index in [0.717, 1.165) is 41.1 Å². The standard InChI is InChI=1S/C27H32N2O3/c1-31-19-12-13-23-22(17-19)20-15-16-29(25(30)14-11-18-7-3-4-8-18)27(26(20)28-23)21-9-5-6-10-24(21)32-2/h5-6,9-10,12-13,17-18,27-28H,3-4,7-8,11,14-16H2,1-2H3. The van der Waals surface area contributed by atoms with Crippen LogP contribution in [-0.2, 0) is 11.2 Å². The normalized spacial score (nSPS) is 18.7. The number of fused-ring (bicyclic) bond motifs is 3. The average molecular weight is 433 g/mol. The number of carbonyl (C=O) groups excluding carboxylic acids is 1. The number of nitrogens with one attached hydrogen (secondary N) is 1. The van der Waals surface area contributed by atoms with Gasteiger partial charge in [-0.15, -0.1) is 0 Å². The highest BCUT2D eigenvalue weighted by Gasteiger charge is 2.36. The van der Waals surface area contributed by atoms with E-state index >= 15 is 0 Å². The Morgan fingerprint density at radius 3 is 2.69 bits per heavy atom. The van der Waals surface area contributed by atoms with Gasteiger partial charge in [0.05, 0.1) is 14.2 Å². The van der Waals surface area contributed by atoms with Gasteiger partial charge in [0, 0.05) is 35.1 Å². The summed E-state index contributed by atoms with van der Waals surface area (Å²) in [6.45, 7) is 0.712. The first-order valence-electron chi connectivity index (χ1n) is 11.8. The van der Waals surface area contributed by atoms with E-state index in [-0.39, 0.29) is 11.9 Å². The fourth-order valence-corrected chi connectivity index (χ4v) is 5.65. The number of benzene rings is 2. The van der Waals surface area contributed by atoms with Crippen LogP contribution in [0.2, 0.25) is 0 Å². The van der Waals surface area contributed by atoms with Gasteiger partial charge in [-0.2, -0.15) is 0 Å². The van der Waals surface area contributed by atoms with Crippen molar-refractivity contribution in [3.63, 3.8) is 0 Å². The molecule has 1 aliphatic heterocycles. The smallest absolute Gasteiger partial charge is 0.223 e. The third-order valence-electron chi connectivity index (χ3n) is 7.33. The summed E-state index contributed by atoms with van der Waals surface area (Å²) in [5, 5.41) is 1.18. The lowest BCUT2D eigenvalue weighted by Crippen LogP contribution is -2.40. The maximum absolute atomic E-state index is 13.5. The number of aromatic nitrogens is 1. The summed E-state index contributed by atoms with van der Waals surface area (Å²) in [7, 11) is 3.40. The largest absolute Gasteiger partial charge is 0.497 e. The zero-order chi connectivity index (χ0) is 22.1. The molecule has 3 aromatic rings. The Morgan fingerprint density at radius 1 is 1.09 bits per heavy atom. The molecule has 1 unspecified atom stereocenters. The van der Waals surface area contributed by atoms with Crippen LogP contribution < -0.4 is 9.47 Å². The van der Waals surface area contributed by atoms with Crippen molar-refractivity contribution < 1.29 is 14.3 Å². The molecular weight excluding hydrogens is 400 g/mol. The lowest BCUT2D eigenvalue weighted by molar-refractivity contribution is -0.133. The Labute approximate surface area is 189 Å². The topological polar surface area (TPSA) is 54.6 Å². The van der Waals surface area contributed by atoms with Crippen molar-refractivity contribution in [2.75, 3.05) is 20.8 Å². The number of H-pyrrole nitrogens is 1. The number of nitrogens with zero attached hydrogens (tertiary/aromatic N) is 1. The van der Waals surface area contributed by atoms with Crippen molar-refractivity contribution in [3.8, 4) is 11.5 Å². The maximum Gasteiger partial charge on any atom is 0.223 e. The molecule has 168 valence electrons. The fraction of sp³-hybridized carbons (Fsp3) is 0.444. The van der Waals surface area contributed by atoms with E-state index in [1.165, 1.54) is 36.6 Å². The number of amides is 1. The molecule has 2 aliphatic rings. The van der Waals surface area contributed by atoms with Crippen LogP contribution in [0.25, 0.3) is 10.9 Å². The second kappa shape index (κ2) is 8.89. The van der Waals surface area contributed by atoms with E-state index in [1.54, 1.807) is 14.2 Å². The first-order valence-corrected chi connectivity index (χ1v) is 11.8. The van der Waals surface area contributed by atoms with E-state index in [9.17, 15) is 4.79 Å². The van der Waals surface area contributed by atoms with Crippen molar-refractivity contribution in [1.29, 1.82) is 0 Å². The first kappa shape index (κ1) is 20.9. The molecule has 0 radical (unpaired) electrons. The van der Waals surface area contributed by atoms with Gasteiger partial charge in [0.15, 0.2) is 0 Å². The molecule has 1 amide bonds. The summed E-state index contributed by atoms with van der Waals surface area (Å²) in [4.78, 5) is 19.2. The molecule has 5 nitrogen and oxygen atoms in total. The lowest BCUT2D eigenvalue weighted by Gasteiger charge is -2.37. The SMILES string of the molecule is COc1ccc2[nH]c3c(c2c1)CCN(C(=O)CCC1CCCC1)C3c1ccccc1OC. The third-order valence-corrected chi connectivity index (χ3v) is 7.33. The highest BCUT2D eigenvalue weighted by molar-refractivity contribution is 5.88. The van der Waals surface area contributed by atoms with Gasteiger partial charge in [-0.05, 0) is 48.6 Å². The molecule has 2 aromatic carbocycles. The van der Waals surface area contributed by atoms with Crippen LogP contribution in [0, 0.1) is 5.92 Å². The van der Waals surface area contributed by atoms with Gasteiger partial charge in [0.25, 0.3) is 0 Å². The van der Waals surface area contributed by atoms with E-state index in [2.05, 4.69) is 28.1 Å². The van der Waals surface area contributed by atoms with Gasteiger partial charge < -0.3 is 19.4 Å². The van der Waals surface area contributed by atoms with E-state index in [1.807, 2.05) is 24.3 Å². The Bertz CT molecular complexity index is 1110. The number of aromatic amines is 1. The molecule has 1 saturated carbocycles. The van der Waals surface area contributed by atoms with Crippen molar-refractivity contribution in [2.45, 2.75) is 51.0 Å². The molecule has 1 aliphatic carbocycles. The quantitative estimate of drug-likeness (QED) is 0.549. The Hall–Kier alpha value is -2.95. The Balaban J connectivity index is 1.55. The number of hydrogen-bond donors (Lipinski definition) is 1. The van der Waals surface area contributed by atoms with Gasteiger partial charge in [-0.1, -0.05) is 43.9 Å². The van der Waals surface area contributed by atoms with Crippen LogP contribution in [0.1, 0.15) is 61.4 Å². The molecule has 1 aromatic heterocycles. The molecule has 2 heterocycles. The number of carbonyl (C=O) groups is 1. The minimum absolute atomic E-state index is 0.177. The molecule has 1 N–H and O–H groups in total. The molecule has 1 fully saturated rings. The van der Waals surface area contributed by atoms with Crippen LogP contribution in [-0.4, -0.2) is 36.6 Å². The van der Waals surface area contributed by atoms with Gasteiger partial charge in [0.2, 0.25) is 5.91 Å². The second-order valence-electron chi connectivity index (χ2n) is 9.10. The molecule has 0 bridgehead atoms. The first-order chi connectivity index (χ1) is 15.7. The summed E-state index contributed by atoms with van der Waals surface area (Å²) in [6, 6.07) is 14.0. The molecule has 1 atom stereocenters. The summed E-state index contributed by atoms with van der Waals surface area (Å²) in [5.74, 6) is 2.62. The monoisotopic (exact) mass is 432 g/mol. The van der Waals surface area contributed by atoms with Crippen molar-refractivity contribution in [3.05, 3.63) is 59.3 Å². The Kier molecular flexibility index (Phi) is 5.81. The van der Waals surface area contributed by atoms with E-state index in [4.69, 9.17) is 9.47 Å². The molecule has 0 spiro atoms. The van der Waals surface area contributed by atoms with Gasteiger partial charge >= 0.3 is 0 Å². The molecule has 5 rings (SSSR count). The van der Waals surface area contributed by atoms with Crippen LogP contribution >= 0.6 is 0 Å².